The lowest BCUT2D eigenvalue weighted by atomic mass is 10.0. The molecule has 88 valence electrons. The number of carbonyl (C=O) groups excluding carboxylic acids is 1. The van der Waals surface area contributed by atoms with Crippen molar-refractivity contribution < 1.29 is 4.79 Å². The maximum atomic E-state index is 12.0. The molecule has 2 nitrogen and oxygen atoms in total. The molecule has 3 rings (SSSR count). The van der Waals surface area contributed by atoms with Crippen molar-refractivity contribution in [1.82, 2.24) is 4.90 Å². The molecule has 1 aliphatic carbocycles. The largest absolute Gasteiger partial charge is 0.294 e. The van der Waals surface area contributed by atoms with E-state index in [2.05, 4.69) is 29.2 Å². The molecule has 2 heteroatoms. The number of rotatable bonds is 4. The number of carbonyl (C=O) groups is 1. The molecule has 0 N–H and O–H groups in total. The Balaban J connectivity index is 1.71. The van der Waals surface area contributed by atoms with Gasteiger partial charge in [-0.15, -0.1) is 0 Å². The SMILES string of the molecule is O=C(c1cccc(CN2CC=CC2)c1)C1CC1. The molecule has 1 saturated carbocycles. The number of hydrogen-bond acceptors (Lipinski definition) is 2. The molecule has 0 unspecified atom stereocenters. The van der Waals surface area contributed by atoms with Gasteiger partial charge in [-0.2, -0.15) is 0 Å². The highest BCUT2D eigenvalue weighted by molar-refractivity contribution is 5.99. The molecule has 0 amide bonds. The molecule has 1 heterocycles. The molecule has 1 fully saturated rings. The Bertz CT molecular complexity index is 452. The van der Waals surface area contributed by atoms with E-state index < -0.39 is 0 Å². The minimum absolute atomic E-state index is 0.318. The minimum Gasteiger partial charge on any atom is -0.294 e. The number of nitrogens with zero attached hydrogens (tertiary/aromatic N) is 1. The van der Waals surface area contributed by atoms with Crippen LogP contribution in [0.2, 0.25) is 0 Å². The van der Waals surface area contributed by atoms with Crippen molar-refractivity contribution in [2.24, 2.45) is 5.92 Å². The van der Waals surface area contributed by atoms with Gasteiger partial charge in [-0.25, -0.2) is 0 Å². The Kier molecular flexibility index (Phi) is 2.81. The van der Waals surface area contributed by atoms with E-state index in [0.717, 1.165) is 38.0 Å². The fraction of sp³-hybridized carbons (Fsp3) is 0.400. The topological polar surface area (TPSA) is 20.3 Å². The smallest absolute Gasteiger partial charge is 0.165 e. The molecular weight excluding hydrogens is 210 g/mol. The lowest BCUT2D eigenvalue weighted by Crippen LogP contribution is -2.19. The first-order valence-corrected chi connectivity index (χ1v) is 6.33. The van der Waals surface area contributed by atoms with E-state index in [0.29, 0.717) is 11.7 Å². The second kappa shape index (κ2) is 4.46. The maximum Gasteiger partial charge on any atom is 0.165 e. The molecule has 1 aromatic carbocycles. The summed E-state index contributed by atoms with van der Waals surface area (Å²) in [5, 5.41) is 0. The van der Waals surface area contributed by atoms with Crippen LogP contribution < -0.4 is 0 Å². The van der Waals surface area contributed by atoms with Crippen molar-refractivity contribution in [3.63, 3.8) is 0 Å². The summed E-state index contributed by atoms with van der Waals surface area (Å²) in [6.45, 7) is 3.00. The van der Waals surface area contributed by atoms with Crippen LogP contribution in [0.15, 0.2) is 36.4 Å². The van der Waals surface area contributed by atoms with E-state index in [1.807, 2.05) is 12.1 Å². The zero-order chi connectivity index (χ0) is 11.7. The van der Waals surface area contributed by atoms with Crippen LogP contribution in [-0.4, -0.2) is 23.8 Å². The van der Waals surface area contributed by atoms with Crippen molar-refractivity contribution >= 4 is 5.78 Å². The highest BCUT2D eigenvalue weighted by atomic mass is 16.1. The molecule has 1 aliphatic heterocycles. The highest BCUT2D eigenvalue weighted by Gasteiger charge is 2.30. The first-order chi connectivity index (χ1) is 8.33. The normalized spacial score (nSPS) is 19.8. The van der Waals surface area contributed by atoms with Gasteiger partial charge in [-0.1, -0.05) is 30.4 Å². The summed E-state index contributed by atoms with van der Waals surface area (Å²) in [4.78, 5) is 14.3. The van der Waals surface area contributed by atoms with E-state index in [1.54, 1.807) is 0 Å². The van der Waals surface area contributed by atoms with Crippen molar-refractivity contribution in [2.75, 3.05) is 13.1 Å². The molecule has 0 aromatic heterocycles. The van der Waals surface area contributed by atoms with Crippen molar-refractivity contribution in [3.05, 3.63) is 47.5 Å². The summed E-state index contributed by atoms with van der Waals surface area (Å²) in [5.74, 6) is 0.658. The third-order valence-electron chi connectivity index (χ3n) is 3.46. The fourth-order valence-corrected chi connectivity index (χ4v) is 2.31. The van der Waals surface area contributed by atoms with Crippen LogP contribution in [0.5, 0.6) is 0 Å². The monoisotopic (exact) mass is 227 g/mol. The summed E-state index contributed by atoms with van der Waals surface area (Å²) in [5.41, 5.74) is 2.15. The Morgan fingerprint density at radius 2 is 2.00 bits per heavy atom. The van der Waals surface area contributed by atoms with E-state index in [9.17, 15) is 4.79 Å². The fourth-order valence-electron chi connectivity index (χ4n) is 2.31. The standard InChI is InChI=1S/C15H17NO/c17-15(13-6-7-13)14-5-3-4-12(10-14)11-16-8-1-2-9-16/h1-5,10,13H,6-9,11H2. The quantitative estimate of drug-likeness (QED) is 0.582. The third-order valence-corrected chi connectivity index (χ3v) is 3.46. The summed E-state index contributed by atoms with van der Waals surface area (Å²) in [6.07, 6.45) is 6.55. The van der Waals surface area contributed by atoms with Crippen LogP contribution in [0.4, 0.5) is 0 Å². The van der Waals surface area contributed by atoms with Crippen LogP contribution >= 0.6 is 0 Å². The first kappa shape index (κ1) is 10.7. The van der Waals surface area contributed by atoms with Crippen LogP contribution in [0.1, 0.15) is 28.8 Å². The second-order valence-corrected chi connectivity index (χ2v) is 5.00. The molecule has 0 bridgehead atoms. The summed E-state index contributed by atoms with van der Waals surface area (Å²) >= 11 is 0. The average molecular weight is 227 g/mol. The third kappa shape index (κ3) is 2.47. The molecule has 0 radical (unpaired) electrons. The Labute approximate surface area is 102 Å². The maximum absolute atomic E-state index is 12.0. The molecular formula is C15H17NO. The Morgan fingerprint density at radius 1 is 1.24 bits per heavy atom. The Morgan fingerprint density at radius 3 is 2.71 bits per heavy atom. The Hall–Kier alpha value is -1.41. The first-order valence-electron chi connectivity index (χ1n) is 6.33. The van der Waals surface area contributed by atoms with Gasteiger partial charge in [0.1, 0.15) is 0 Å². The van der Waals surface area contributed by atoms with Crippen LogP contribution in [0, 0.1) is 5.92 Å². The molecule has 0 saturated heterocycles. The van der Waals surface area contributed by atoms with E-state index in [1.165, 1.54) is 5.56 Å². The molecule has 2 aliphatic rings. The number of ketones is 1. The van der Waals surface area contributed by atoms with Gasteiger partial charge >= 0.3 is 0 Å². The molecule has 17 heavy (non-hydrogen) atoms. The lowest BCUT2D eigenvalue weighted by Gasteiger charge is -2.15. The number of hydrogen-bond donors (Lipinski definition) is 0. The second-order valence-electron chi connectivity index (χ2n) is 5.00. The van der Waals surface area contributed by atoms with Gasteiger partial charge in [0.05, 0.1) is 0 Å². The molecule has 0 atom stereocenters. The predicted molar refractivity (Wildman–Crippen MR) is 67.9 cm³/mol. The van der Waals surface area contributed by atoms with Gasteiger partial charge in [-0.05, 0) is 24.5 Å². The zero-order valence-corrected chi connectivity index (χ0v) is 9.93. The van der Waals surface area contributed by atoms with Crippen molar-refractivity contribution in [2.45, 2.75) is 19.4 Å². The summed E-state index contributed by atoms with van der Waals surface area (Å²) in [6, 6.07) is 8.14. The van der Waals surface area contributed by atoms with E-state index >= 15 is 0 Å². The van der Waals surface area contributed by atoms with Gasteiger partial charge < -0.3 is 0 Å². The van der Waals surface area contributed by atoms with Crippen molar-refractivity contribution in [1.29, 1.82) is 0 Å². The predicted octanol–water partition coefficient (Wildman–Crippen LogP) is 2.65. The number of benzene rings is 1. The van der Waals surface area contributed by atoms with Gasteiger partial charge in [-0.3, -0.25) is 9.69 Å². The van der Waals surface area contributed by atoms with Crippen LogP contribution in [0.25, 0.3) is 0 Å². The van der Waals surface area contributed by atoms with E-state index in [-0.39, 0.29) is 0 Å². The van der Waals surface area contributed by atoms with Gasteiger partial charge in [0, 0.05) is 31.1 Å². The van der Waals surface area contributed by atoms with Gasteiger partial charge in [0.15, 0.2) is 5.78 Å². The summed E-state index contributed by atoms with van der Waals surface area (Å²) < 4.78 is 0. The highest BCUT2D eigenvalue weighted by Crippen LogP contribution is 2.32. The van der Waals surface area contributed by atoms with Crippen LogP contribution in [0.3, 0.4) is 0 Å². The number of Topliss-reactive ketones (excluding diaryl/α,β-unsaturated/α-hetero) is 1. The van der Waals surface area contributed by atoms with E-state index in [4.69, 9.17) is 0 Å². The lowest BCUT2D eigenvalue weighted by molar-refractivity contribution is 0.0967. The summed E-state index contributed by atoms with van der Waals surface area (Å²) in [7, 11) is 0. The average Bonchev–Trinajstić information content (AvgIpc) is 3.08. The van der Waals surface area contributed by atoms with Gasteiger partial charge in [0.25, 0.3) is 0 Å². The van der Waals surface area contributed by atoms with Crippen molar-refractivity contribution in [3.8, 4) is 0 Å². The molecule has 0 spiro atoms. The molecule has 1 aromatic rings. The minimum atomic E-state index is 0.318. The van der Waals surface area contributed by atoms with Crippen LogP contribution in [-0.2, 0) is 6.54 Å². The zero-order valence-electron chi connectivity index (χ0n) is 9.93. The van der Waals surface area contributed by atoms with Gasteiger partial charge in [0.2, 0.25) is 0 Å².